The van der Waals surface area contributed by atoms with E-state index in [1.807, 2.05) is 19.1 Å². The maximum absolute atomic E-state index is 12.9. The number of carbonyl (C=O) groups excluding carboxylic acids is 3. The molecule has 0 aliphatic carbocycles. The first-order chi connectivity index (χ1) is 17.7. The molecule has 1 saturated heterocycles. The number of hydrogen-bond donors (Lipinski definition) is 0. The molecule has 1 heterocycles. The van der Waals surface area contributed by atoms with Crippen molar-refractivity contribution in [3.63, 3.8) is 0 Å². The van der Waals surface area contributed by atoms with Crippen LogP contribution in [0.2, 0.25) is 0 Å². The van der Waals surface area contributed by atoms with Gasteiger partial charge >= 0.3 is 5.97 Å². The maximum Gasteiger partial charge on any atom is 0.343 e. The van der Waals surface area contributed by atoms with Gasteiger partial charge in [0.05, 0.1) is 28.5 Å². The number of non-ortho nitro benzene ring substituents is 1. The first-order valence-corrected chi connectivity index (χ1v) is 12.1. The van der Waals surface area contributed by atoms with Gasteiger partial charge in [0.15, 0.2) is 11.5 Å². The van der Waals surface area contributed by atoms with Crippen LogP contribution in [-0.2, 0) is 11.3 Å². The quantitative estimate of drug-likeness (QED) is 0.122. The summed E-state index contributed by atoms with van der Waals surface area (Å²) in [5.74, 6) is -0.445. The highest BCUT2D eigenvalue weighted by Crippen LogP contribution is 2.35. The Labute approximate surface area is 216 Å². The van der Waals surface area contributed by atoms with Gasteiger partial charge in [0.25, 0.3) is 16.8 Å². The maximum atomic E-state index is 12.9. The van der Waals surface area contributed by atoms with Crippen molar-refractivity contribution < 1.29 is 28.8 Å². The molecule has 0 radical (unpaired) electrons. The molecule has 9 nitrogen and oxygen atoms in total. The fraction of sp³-hybridized carbons (Fsp3) is 0.148. The largest absolute Gasteiger partial charge is 0.490 e. The summed E-state index contributed by atoms with van der Waals surface area (Å²) in [5, 5.41) is 10.4. The van der Waals surface area contributed by atoms with Crippen molar-refractivity contribution in [2.24, 2.45) is 0 Å². The van der Waals surface area contributed by atoms with Crippen molar-refractivity contribution in [3.05, 3.63) is 104 Å². The number of ether oxygens (including phenoxy) is 2. The summed E-state index contributed by atoms with van der Waals surface area (Å²) >= 11 is 0.801. The molecule has 1 fully saturated rings. The molecule has 188 valence electrons. The van der Waals surface area contributed by atoms with Crippen molar-refractivity contribution in [2.45, 2.75) is 20.4 Å². The average Bonchev–Trinajstić information content (AvgIpc) is 3.13. The summed E-state index contributed by atoms with van der Waals surface area (Å²) in [5.41, 5.74) is 2.52. The molecular weight excluding hydrogens is 496 g/mol. The third-order valence-corrected chi connectivity index (χ3v) is 6.32. The fourth-order valence-corrected chi connectivity index (χ4v) is 4.35. The number of aryl methyl sites for hydroxylation is 1. The Morgan fingerprint density at radius 3 is 2.38 bits per heavy atom. The highest BCUT2D eigenvalue weighted by atomic mass is 32.2. The Hall–Kier alpha value is -4.44. The van der Waals surface area contributed by atoms with Crippen LogP contribution in [0.1, 0.15) is 34.0 Å². The third-order valence-electron chi connectivity index (χ3n) is 5.42. The second kappa shape index (κ2) is 11.1. The molecule has 0 spiro atoms. The number of esters is 1. The van der Waals surface area contributed by atoms with Crippen molar-refractivity contribution in [1.29, 1.82) is 0 Å². The summed E-state index contributed by atoms with van der Waals surface area (Å²) in [6, 6.07) is 17.5. The number of nitrogens with zero attached hydrogens (tertiary/aromatic N) is 2. The summed E-state index contributed by atoms with van der Waals surface area (Å²) in [6.07, 6.45) is 1.56. The van der Waals surface area contributed by atoms with Gasteiger partial charge in [-0.15, -0.1) is 0 Å². The van der Waals surface area contributed by atoms with Crippen LogP contribution in [0.15, 0.2) is 71.6 Å². The van der Waals surface area contributed by atoms with Crippen molar-refractivity contribution in [2.75, 3.05) is 6.61 Å². The van der Waals surface area contributed by atoms with Crippen LogP contribution < -0.4 is 9.47 Å². The number of nitro benzene ring substituents is 1. The third kappa shape index (κ3) is 6.04. The molecule has 1 aliphatic heterocycles. The average molecular weight is 519 g/mol. The summed E-state index contributed by atoms with van der Waals surface area (Å²) in [6.45, 7) is 4.04. The number of benzene rings is 3. The highest BCUT2D eigenvalue weighted by Gasteiger charge is 2.35. The lowest BCUT2D eigenvalue weighted by Gasteiger charge is -2.12. The monoisotopic (exact) mass is 518 g/mol. The van der Waals surface area contributed by atoms with Gasteiger partial charge in [0.1, 0.15) is 0 Å². The zero-order valence-electron chi connectivity index (χ0n) is 20.0. The molecular formula is C27H22N2O7S. The van der Waals surface area contributed by atoms with Gasteiger partial charge in [-0.05, 0) is 67.1 Å². The first kappa shape index (κ1) is 25.6. The van der Waals surface area contributed by atoms with E-state index in [9.17, 15) is 24.5 Å². The number of carbonyl (C=O) groups is 3. The minimum absolute atomic E-state index is 0.00189. The normalized spacial score (nSPS) is 14.2. The van der Waals surface area contributed by atoms with E-state index in [1.54, 1.807) is 43.3 Å². The van der Waals surface area contributed by atoms with E-state index in [4.69, 9.17) is 9.47 Å². The Morgan fingerprint density at radius 1 is 1.03 bits per heavy atom. The molecule has 0 unspecified atom stereocenters. The molecule has 37 heavy (non-hydrogen) atoms. The van der Waals surface area contributed by atoms with Gasteiger partial charge in [-0.25, -0.2) is 4.79 Å². The van der Waals surface area contributed by atoms with E-state index in [-0.39, 0.29) is 22.9 Å². The van der Waals surface area contributed by atoms with Crippen molar-refractivity contribution >= 4 is 40.6 Å². The molecule has 10 heteroatoms. The van der Waals surface area contributed by atoms with E-state index in [2.05, 4.69) is 0 Å². The van der Waals surface area contributed by atoms with Crippen LogP contribution in [0.4, 0.5) is 10.5 Å². The Bertz CT molecular complexity index is 1400. The first-order valence-electron chi connectivity index (χ1n) is 11.3. The van der Waals surface area contributed by atoms with Crippen molar-refractivity contribution in [1.82, 2.24) is 4.90 Å². The smallest absolute Gasteiger partial charge is 0.343 e. The van der Waals surface area contributed by atoms with Crippen LogP contribution >= 0.6 is 11.8 Å². The van der Waals surface area contributed by atoms with Gasteiger partial charge < -0.3 is 9.47 Å². The predicted octanol–water partition coefficient (Wildman–Crippen LogP) is 5.76. The van der Waals surface area contributed by atoms with Crippen LogP contribution in [0.5, 0.6) is 11.5 Å². The lowest BCUT2D eigenvalue weighted by molar-refractivity contribution is -0.384. The lowest BCUT2D eigenvalue weighted by atomic mass is 10.1. The number of imide groups is 1. The molecule has 3 aromatic rings. The predicted molar refractivity (Wildman–Crippen MR) is 138 cm³/mol. The van der Waals surface area contributed by atoms with E-state index < -0.39 is 22.0 Å². The van der Waals surface area contributed by atoms with Gasteiger partial charge in [-0.2, -0.15) is 0 Å². The van der Waals surface area contributed by atoms with Crippen LogP contribution in [0.25, 0.3) is 6.08 Å². The Balaban J connectivity index is 1.51. The molecule has 1 aliphatic rings. The van der Waals surface area contributed by atoms with Gasteiger partial charge in [0, 0.05) is 12.1 Å². The number of amides is 2. The van der Waals surface area contributed by atoms with Gasteiger partial charge in [-0.3, -0.25) is 24.6 Å². The standard InChI is InChI=1S/C27H22N2O7S/c1-3-35-23-14-19(8-13-22(23)36-26(31)20-9-4-17(2)5-10-20)15-24-25(30)28(27(32)37-24)16-18-6-11-21(12-7-18)29(33)34/h4-15H,3,16H2,1-2H3/b24-15-. The SMILES string of the molecule is CCOc1cc(/C=C2\SC(=O)N(Cc3ccc([N+](=O)[O-])cc3)C2=O)ccc1OC(=O)c1ccc(C)cc1. The second-order valence-corrected chi connectivity index (χ2v) is 9.08. The van der Waals surface area contributed by atoms with E-state index in [1.165, 1.54) is 24.3 Å². The van der Waals surface area contributed by atoms with E-state index in [0.29, 0.717) is 29.0 Å². The molecule has 2 amide bonds. The van der Waals surface area contributed by atoms with Crippen LogP contribution in [0.3, 0.4) is 0 Å². The van der Waals surface area contributed by atoms with Crippen LogP contribution in [0, 0.1) is 17.0 Å². The van der Waals surface area contributed by atoms with Gasteiger partial charge in [0.2, 0.25) is 0 Å². The van der Waals surface area contributed by atoms with E-state index in [0.717, 1.165) is 22.2 Å². The summed E-state index contributed by atoms with van der Waals surface area (Å²) in [7, 11) is 0. The topological polar surface area (TPSA) is 116 Å². The number of nitro groups is 1. The molecule has 0 saturated carbocycles. The molecule has 0 atom stereocenters. The van der Waals surface area contributed by atoms with Crippen LogP contribution in [-0.4, -0.2) is 33.5 Å². The fourth-order valence-electron chi connectivity index (χ4n) is 3.51. The molecule has 0 bridgehead atoms. The van der Waals surface area contributed by atoms with E-state index >= 15 is 0 Å². The Morgan fingerprint density at radius 2 is 1.73 bits per heavy atom. The molecule has 4 rings (SSSR count). The van der Waals surface area contributed by atoms with Crippen molar-refractivity contribution in [3.8, 4) is 11.5 Å². The molecule has 3 aromatic carbocycles. The number of rotatable bonds is 8. The lowest BCUT2D eigenvalue weighted by Crippen LogP contribution is -2.27. The highest BCUT2D eigenvalue weighted by molar-refractivity contribution is 8.18. The Kier molecular flexibility index (Phi) is 7.69. The molecule has 0 N–H and O–H groups in total. The molecule has 0 aromatic heterocycles. The number of thioether (sulfide) groups is 1. The van der Waals surface area contributed by atoms with Gasteiger partial charge in [-0.1, -0.05) is 35.9 Å². The zero-order valence-corrected chi connectivity index (χ0v) is 20.8. The number of hydrogen-bond acceptors (Lipinski definition) is 8. The summed E-state index contributed by atoms with van der Waals surface area (Å²) in [4.78, 5) is 49.6. The summed E-state index contributed by atoms with van der Waals surface area (Å²) < 4.78 is 11.2. The minimum atomic E-state index is -0.527. The minimum Gasteiger partial charge on any atom is -0.490 e. The second-order valence-electron chi connectivity index (χ2n) is 8.09. The zero-order chi connectivity index (χ0) is 26.5.